The largest absolute Gasteiger partial charge is 0.508 e. The van der Waals surface area contributed by atoms with Gasteiger partial charge in [-0.1, -0.05) is 60.7 Å². The van der Waals surface area contributed by atoms with Gasteiger partial charge in [-0.3, -0.25) is 20.0 Å². The van der Waals surface area contributed by atoms with Crippen LogP contribution in [0.4, 0.5) is 4.79 Å². The minimum Gasteiger partial charge on any atom is -0.508 e. The number of ketones is 1. The van der Waals surface area contributed by atoms with Crippen LogP contribution in [-0.4, -0.2) is 75.2 Å². The van der Waals surface area contributed by atoms with Gasteiger partial charge in [-0.05, 0) is 47.4 Å². The Hall–Kier alpha value is -5.75. The molecule has 0 radical (unpaired) electrons. The van der Waals surface area contributed by atoms with Crippen LogP contribution in [0.3, 0.4) is 0 Å². The van der Waals surface area contributed by atoms with E-state index in [0.29, 0.717) is 11.1 Å². The Morgan fingerprint density at radius 2 is 1.73 bits per heavy atom. The molecule has 0 aromatic heterocycles. The third-order valence-corrected chi connectivity index (χ3v) is 8.54. The van der Waals surface area contributed by atoms with Gasteiger partial charge in [0.2, 0.25) is 5.91 Å². The molecule has 0 saturated carbocycles. The molecular weight excluding hydrogens is 610 g/mol. The van der Waals surface area contributed by atoms with Crippen molar-refractivity contribution >= 4 is 29.5 Å². The minimum absolute atomic E-state index is 0.0536. The molecule has 48 heavy (non-hydrogen) atoms. The Morgan fingerprint density at radius 1 is 1.00 bits per heavy atom. The predicted octanol–water partition coefficient (Wildman–Crippen LogP) is 1.14. The number of amidine groups is 1. The fraction of sp³-hybridized carbons (Fsp3) is 0.250. The lowest BCUT2D eigenvalue weighted by Crippen LogP contribution is -2.71. The van der Waals surface area contributed by atoms with E-state index in [0.717, 1.165) is 11.1 Å². The maximum Gasteiger partial charge on any atom is 0.338 e. The Kier molecular flexibility index (Phi) is 10.7. The zero-order valence-corrected chi connectivity index (χ0v) is 26.5. The van der Waals surface area contributed by atoms with Crippen LogP contribution in [0.15, 0.2) is 104 Å². The van der Waals surface area contributed by atoms with Gasteiger partial charge in [0.25, 0.3) is 5.84 Å². The number of benzene rings is 3. The quantitative estimate of drug-likeness (QED) is 0.124. The fourth-order valence-electron chi connectivity index (χ4n) is 6.38. The van der Waals surface area contributed by atoms with E-state index < -0.39 is 23.8 Å². The lowest BCUT2D eigenvalue weighted by Gasteiger charge is -2.52. The minimum atomic E-state index is -0.778. The number of amides is 4. The topological polar surface area (TPSA) is 174 Å². The molecule has 0 aliphatic carbocycles. The molecule has 1 unspecified atom stereocenters. The molecule has 4 amide bonds. The van der Waals surface area contributed by atoms with E-state index in [1.54, 1.807) is 69.5 Å². The van der Waals surface area contributed by atoms with Crippen molar-refractivity contribution in [2.75, 3.05) is 19.6 Å². The van der Waals surface area contributed by atoms with Crippen molar-refractivity contribution in [1.29, 1.82) is 0 Å². The van der Waals surface area contributed by atoms with Gasteiger partial charge >= 0.3 is 11.9 Å². The Morgan fingerprint density at radius 3 is 2.44 bits per heavy atom. The van der Waals surface area contributed by atoms with Gasteiger partial charge in [-0.2, -0.15) is 0 Å². The third-order valence-electron chi connectivity index (χ3n) is 8.54. The highest BCUT2D eigenvalue weighted by molar-refractivity contribution is 6.08. The Bertz CT molecular complexity index is 1710. The Labute approximate surface area is 279 Å². The van der Waals surface area contributed by atoms with Crippen molar-refractivity contribution in [2.24, 2.45) is 17.6 Å². The average molecular weight is 651 g/mol. The first-order valence-electron chi connectivity index (χ1n) is 15.7. The monoisotopic (exact) mass is 650 g/mol. The summed E-state index contributed by atoms with van der Waals surface area (Å²) in [7, 11) is 0. The maximum absolute atomic E-state index is 14.3. The van der Waals surface area contributed by atoms with Gasteiger partial charge in [0, 0.05) is 38.5 Å². The highest BCUT2D eigenvalue weighted by atomic mass is 16.3. The molecule has 248 valence electrons. The number of rotatable bonds is 10. The summed E-state index contributed by atoms with van der Waals surface area (Å²) in [5.41, 5.74) is 8.06. The molecule has 7 N–H and O–H groups in total. The number of Topliss-reactive ketones (excluding diaryl/α,β-unsaturated/α-hetero) is 1. The molecule has 2 fully saturated rings. The molecule has 3 atom stereocenters. The van der Waals surface area contributed by atoms with Crippen molar-refractivity contribution in [3.05, 3.63) is 126 Å². The van der Waals surface area contributed by atoms with Crippen LogP contribution in [0.1, 0.15) is 27.0 Å². The number of carbonyl (C=O) groups is 4. The zero-order valence-electron chi connectivity index (χ0n) is 26.5. The molecule has 3 aromatic rings. The van der Waals surface area contributed by atoms with Crippen LogP contribution in [0.5, 0.6) is 5.75 Å². The number of hydrogen-bond acceptors (Lipinski definition) is 7. The number of urea groups is 1. The molecule has 3 aromatic carbocycles. The molecule has 12 nitrogen and oxygen atoms in total. The first kappa shape index (κ1) is 33.6. The van der Waals surface area contributed by atoms with E-state index in [9.17, 15) is 24.3 Å². The molecule has 0 bridgehead atoms. The highest BCUT2D eigenvalue weighted by Crippen LogP contribution is 2.37. The standard InChI is InChI=1S/C36H39N7O5/c1-2-17-42-23-31(45)33-29(19-24-11-13-28(44)14-12-24)35(47)41(21-26-9-6-10-27(18-26)34(46)40-32(38)15-16-37)22-30(33)43(42)36(48)39-20-25-7-4-3-5-8-25/h2-16,18,29-30,33,44H,1,17,19-23,37H2,(H,39,48)(H2,38,40,46)/p+1/b16-15-/t29-,30+,33?/m1/s1. The second-order valence-electron chi connectivity index (χ2n) is 11.8. The van der Waals surface area contributed by atoms with Crippen molar-refractivity contribution in [2.45, 2.75) is 25.6 Å². The van der Waals surface area contributed by atoms with E-state index >= 15 is 0 Å². The van der Waals surface area contributed by atoms with Gasteiger partial charge in [-0.25, -0.2) is 19.9 Å². The van der Waals surface area contributed by atoms with Crippen LogP contribution in [0.25, 0.3) is 0 Å². The zero-order chi connectivity index (χ0) is 34.2. The summed E-state index contributed by atoms with van der Waals surface area (Å²) in [6.07, 6.45) is 4.44. The fourth-order valence-corrected chi connectivity index (χ4v) is 6.38. The lowest BCUT2D eigenvalue weighted by molar-refractivity contribution is -0.167. The van der Waals surface area contributed by atoms with Gasteiger partial charge in [0.15, 0.2) is 5.78 Å². The summed E-state index contributed by atoms with van der Waals surface area (Å²) in [6.45, 7) is 4.53. The van der Waals surface area contributed by atoms with Gasteiger partial charge < -0.3 is 21.1 Å². The predicted molar refractivity (Wildman–Crippen MR) is 179 cm³/mol. The van der Waals surface area contributed by atoms with E-state index in [-0.39, 0.29) is 68.5 Å². The SMILES string of the molecule is C=CCN1CC(=O)C2[C@@H](Cc3ccc(O)cc3)C(=O)N(Cc3cccc(C(=O)NC(=[NH2+])/C=C\N)c3)C[C@@H]2N1C(=O)NCc1ccccc1. The summed E-state index contributed by atoms with van der Waals surface area (Å²) in [5, 5.41) is 24.5. The number of phenols is 1. The molecule has 5 rings (SSSR count). The van der Waals surface area contributed by atoms with Crippen molar-refractivity contribution < 1.29 is 29.7 Å². The number of aromatic hydroxyl groups is 1. The van der Waals surface area contributed by atoms with Gasteiger partial charge in [0.05, 0.1) is 30.0 Å². The van der Waals surface area contributed by atoms with Gasteiger partial charge in [-0.15, -0.1) is 6.58 Å². The number of carbonyl (C=O) groups excluding carboxylic acids is 4. The summed E-state index contributed by atoms with van der Waals surface area (Å²) >= 11 is 0. The number of likely N-dealkylation sites (tertiary alicyclic amines) is 1. The summed E-state index contributed by atoms with van der Waals surface area (Å²) < 4.78 is 0. The molecular formula is C36H40N7O5+. The summed E-state index contributed by atoms with van der Waals surface area (Å²) in [6, 6.07) is 21.8. The smallest absolute Gasteiger partial charge is 0.338 e. The first-order valence-corrected chi connectivity index (χ1v) is 15.7. The van der Waals surface area contributed by atoms with Crippen molar-refractivity contribution in [3.63, 3.8) is 0 Å². The molecule has 2 aliphatic heterocycles. The first-order chi connectivity index (χ1) is 23.2. The number of fused-ring (bicyclic) bond motifs is 1. The maximum atomic E-state index is 14.3. The van der Waals surface area contributed by atoms with Gasteiger partial charge in [0.1, 0.15) is 5.75 Å². The van der Waals surface area contributed by atoms with Crippen LogP contribution >= 0.6 is 0 Å². The highest BCUT2D eigenvalue weighted by Gasteiger charge is 2.53. The number of piperidine rings is 1. The number of nitrogens with two attached hydrogens (primary N) is 2. The van der Waals surface area contributed by atoms with E-state index in [1.807, 2.05) is 30.3 Å². The molecule has 2 saturated heterocycles. The lowest BCUT2D eigenvalue weighted by atomic mass is 9.74. The third kappa shape index (κ3) is 7.78. The summed E-state index contributed by atoms with van der Waals surface area (Å²) in [5.74, 6) is -2.19. The van der Waals surface area contributed by atoms with E-state index in [1.165, 1.54) is 12.3 Å². The van der Waals surface area contributed by atoms with E-state index in [4.69, 9.17) is 11.1 Å². The van der Waals surface area contributed by atoms with Crippen LogP contribution < -0.4 is 21.8 Å². The Balaban J connectivity index is 1.47. The van der Waals surface area contributed by atoms with Crippen LogP contribution in [0.2, 0.25) is 0 Å². The molecule has 12 heteroatoms. The number of nitrogens with zero attached hydrogens (tertiary/aromatic N) is 3. The number of nitrogens with one attached hydrogen (secondary N) is 2. The average Bonchev–Trinajstić information content (AvgIpc) is 3.07. The molecule has 2 aliphatic rings. The molecule has 2 heterocycles. The molecule has 0 spiro atoms. The number of hydrogen-bond donors (Lipinski definition) is 5. The van der Waals surface area contributed by atoms with E-state index in [2.05, 4.69) is 17.2 Å². The van der Waals surface area contributed by atoms with Crippen LogP contribution in [-0.2, 0) is 29.1 Å². The number of phenolic OH excluding ortho intramolecular Hbond substituents is 1. The second-order valence-corrected chi connectivity index (χ2v) is 11.8. The summed E-state index contributed by atoms with van der Waals surface area (Å²) in [4.78, 5) is 56.6. The second kappa shape index (κ2) is 15.2. The van der Waals surface area contributed by atoms with Crippen molar-refractivity contribution in [3.8, 4) is 5.75 Å². The number of hydrazine groups is 1. The normalized spacial score (nSPS) is 19.5. The van der Waals surface area contributed by atoms with Crippen molar-refractivity contribution in [1.82, 2.24) is 25.6 Å². The van der Waals surface area contributed by atoms with Crippen LogP contribution in [0, 0.1) is 11.8 Å².